The van der Waals surface area contributed by atoms with Crippen LogP contribution in [0, 0.1) is 0 Å². The molecule has 35 heavy (non-hydrogen) atoms. The summed E-state index contributed by atoms with van der Waals surface area (Å²) < 4.78 is 16.4. The summed E-state index contributed by atoms with van der Waals surface area (Å²) in [7, 11) is 6.16. The van der Waals surface area contributed by atoms with Crippen molar-refractivity contribution in [3.05, 3.63) is 83.9 Å². The van der Waals surface area contributed by atoms with Crippen LogP contribution in [0.1, 0.15) is 30.9 Å². The van der Waals surface area contributed by atoms with Gasteiger partial charge in [-0.3, -0.25) is 14.9 Å². The van der Waals surface area contributed by atoms with Gasteiger partial charge in [0, 0.05) is 6.42 Å². The third-order valence-electron chi connectivity index (χ3n) is 5.41. The first-order chi connectivity index (χ1) is 17.0. The zero-order chi connectivity index (χ0) is 24.7. The van der Waals surface area contributed by atoms with Crippen molar-refractivity contribution in [2.45, 2.75) is 30.8 Å². The molecule has 4 rings (SSSR count). The molecule has 1 aliphatic rings. The molecule has 3 aromatic rings. The minimum absolute atomic E-state index is 0.428. The van der Waals surface area contributed by atoms with Gasteiger partial charge in [0.2, 0.25) is 5.91 Å². The Morgan fingerprint density at radius 1 is 0.886 bits per heavy atom. The Labute approximate surface area is 210 Å². The molecule has 1 heterocycles. The predicted octanol–water partition coefficient (Wildman–Crippen LogP) is 5.58. The van der Waals surface area contributed by atoms with Crippen LogP contribution < -0.4 is 19.5 Å². The minimum atomic E-state index is -1.44. The van der Waals surface area contributed by atoms with Gasteiger partial charge in [-0.1, -0.05) is 55.4 Å². The number of ether oxygens (including phenoxy) is 3. The number of hydrogen-bond acceptors (Lipinski definition) is 6. The second-order valence-corrected chi connectivity index (χ2v) is 9.31. The summed E-state index contributed by atoms with van der Waals surface area (Å²) in [4.78, 5) is 23.6. The SMILES string of the molecule is [B][C@]1(c2cccc(OCCCOc3ccc(Oc4ccccc4)cc3CCC)c2)SC(=O)NC1=O. The van der Waals surface area contributed by atoms with Crippen molar-refractivity contribution in [3.63, 3.8) is 0 Å². The van der Waals surface area contributed by atoms with Crippen LogP contribution in [0.15, 0.2) is 72.8 Å². The van der Waals surface area contributed by atoms with E-state index in [4.69, 9.17) is 22.1 Å². The van der Waals surface area contributed by atoms with E-state index in [1.54, 1.807) is 24.3 Å². The molecule has 0 bridgehead atoms. The first kappa shape index (κ1) is 24.7. The Bertz CT molecular complexity index is 1190. The Hall–Kier alpha value is -3.39. The maximum atomic E-state index is 12.1. The van der Waals surface area contributed by atoms with E-state index in [-0.39, 0.29) is 0 Å². The van der Waals surface area contributed by atoms with Crippen molar-refractivity contribution >= 4 is 30.8 Å². The second-order valence-electron chi connectivity index (χ2n) is 8.09. The van der Waals surface area contributed by atoms with Gasteiger partial charge in [-0.25, -0.2) is 0 Å². The van der Waals surface area contributed by atoms with Gasteiger partial charge in [0.1, 0.15) is 30.8 Å². The van der Waals surface area contributed by atoms with Crippen LogP contribution in [0.3, 0.4) is 0 Å². The Morgan fingerprint density at radius 2 is 1.66 bits per heavy atom. The van der Waals surface area contributed by atoms with E-state index in [1.807, 2.05) is 48.5 Å². The molecule has 178 valence electrons. The van der Waals surface area contributed by atoms with Crippen LogP contribution in [0.5, 0.6) is 23.0 Å². The highest BCUT2D eigenvalue weighted by Crippen LogP contribution is 2.39. The topological polar surface area (TPSA) is 73.9 Å². The smallest absolute Gasteiger partial charge is 0.286 e. The van der Waals surface area contributed by atoms with E-state index in [9.17, 15) is 9.59 Å². The highest BCUT2D eigenvalue weighted by molar-refractivity contribution is 8.16. The number of nitrogens with one attached hydrogen (secondary N) is 1. The molecule has 1 saturated heterocycles. The van der Waals surface area contributed by atoms with E-state index in [0.717, 1.165) is 47.4 Å². The number of aryl methyl sites for hydroxylation is 1. The lowest BCUT2D eigenvalue weighted by Gasteiger charge is -2.20. The molecule has 6 nitrogen and oxygen atoms in total. The molecule has 3 aromatic carbocycles. The van der Waals surface area contributed by atoms with E-state index in [2.05, 4.69) is 12.2 Å². The molecule has 2 amide bonds. The van der Waals surface area contributed by atoms with Crippen LogP contribution in [-0.2, 0) is 15.9 Å². The first-order valence-electron chi connectivity index (χ1n) is 11.5. The fourth-order valence-electron chi connectivity index (χ4n) is 3.69. The summed E-state index contributed by atoms with van der Waals surface area (Å²) in [6, 6.07) is 22.5. The lowest BCUT2D eigenvalue weighted by molar-refractivity contribution is -0.120. The number of benzene rings is 3. The van der Waals surface area contributed by atoms with Gasteiger partial charge in [-0.15, -0.1) is 0 Å². The summed E-state index contributed by atoms with van der Waals surface area (Å²) in [6.07, 6.45) is 2.55. The molecule has 0 unspecified atom stereocenters. The van der Waals surface area contributed by atoms with Crippen molar-refractivity contribution in [3.8, 4) is 23.0 Å². The average Bonchev–Trinajstić information content (AvgIpc) is 3.13. The minimum Gasteiger partial charge on any atom is -0.493 e. The standard InChI is InChI=1S/C27H26BNO5S/c1-2-8-19-17-23(34-21-10-4-3-5-11-21)13-14-24(19)33-16-7-15-32-22-12-6-9-20(18-22)27(28)25(30)29-26(31)35-27/h3-6,9-14,17-18H,2,7-8,15-16H2,1H3,(H,29,30,31)/t27-/m1/s1. The summed E-state index contributed by atoms with van der Waals surface area (Å²) in [5.74, 6) is 2.47. The molecule has 8 heteroatoms. The Balaban J connectivity index is 1.30. The number of thioether (sulfide) groups is 1. The van der Waals surface area contributed by atoms with Crippen LogP contribution in [0.4, 0.5) is 4.79 Å². The van der Waals surface area contributed by atoms with Gasteiger partial charge in [-0.2, -0.15) is 0 Å². The van der Waals surface area contributed by atoms with Crippen molar-refractivity contribution < 1.29 is 23.8 Å². The third-order valence-corrected chi connectivity index (χ3v) is 6.45. The van der Waals surface area contributed by atoms with Gasteiger partial charge >= 0.3 is 0 Å². The van der Waals surface area contributed by atoms with Crippen molar-refractivity contribution in [2.24, 2.45) is 0 Å². The maximum Gasteiger partial charge on any atom is 0.286 e. The van der Waals surface area contributed by atoms with Crippen LogP contribution >= 0.6 is 11.8 Å². The number of carbonyl (C=O) groups is 2. The van der Waals surface area contributed by atoms with Crippen molar-refractivity contribution in [1.29, 1.82) is 0 Å². The monoisotopic (exact) mass is 487 g/mol. The quantitative estimate of drug-likeness (QED) is 0.281. The van der Waals surface area contributed by atoms with E-state index >= 15 is 0 Å². The number of amides is 2. The number of hydrogen-bond donors (Lipinski definition) is 1. The normalized spacial score (nSPS) is 17.2. The molecular weight excluding hydrogens is 461 g/mol. The number of para-hydroxylation sites is 1. The van der Waals surface area contributed by atoms with Crippen LogP contribution in [0.25, 0.3) is 0 Å². The van der Waals surface area contributed by atoms with Crippen LogP contribution in [0.2, 0.25) is 0 Å². The molecule has 1 N–H and O–H groups in total. The van der Waals surface area contributed by atoms with Gasteiger partial charge < -0.3 is 14.2 Å². The Kier molecular flexibility index (Phi) is 8.03. The summed E-state index contributed by atoms with van der Waals surface area (Å²) in [5, 5.41) is 1.77. The number of imide groups is 1. The second kappa shape index (κ2) is 11.4. The molecule has 1 atom stereocenters. The Morgan fingerprint density at radius 3 is 2.40 bits per heavy atom. The van der Waals surface area contributed by atoms with Crippen LogP contribution in [-0.4, -0.2) is 32.2 Å². The van der Waals surface area contributed by atoms with Gasteiger partial charge in [0.25, 0.3) is 5.24 Å². The summed E-state index contributed by atoms with van der Waals surface area (Å²) >= 11 is 0.768. The van der Waals surface area contributed by atoms with Gasteiger partial charge in [-0.05, 0) is 60.0 Å². The highest BCUT2D eigenvalue weighted by atomic mass is 32.2. The molecule has 0 aromatic heterocycles. The van der Waals surface area contributed by atoms with E-state index < -0.39 is 15.8 Å². The molecule has 1 fully saturated rings. The molecule has 0 spiro atoms. The average molecular weight is 487 g/mol. The number of carbonyl (C=O) groups excluding carboxylic acids is 2. The molecular formula is C27H26BNO5S. The summed E-state index contributed by atoms with van der Waals surface area (Å²) in [5.41, 5.74) is 1.62. The van der Waals surface area contributed by atoms with Crippen molar-refractivity contribution in [2.75, 3.05) is 13.2 Å². The molecule has 1 aliphatic heterocycles. The highest BCUT2D eigenvalue weighted by Gasteiger charge is 2.44. The lowest BCUT2D eigenvalue weighted by atomic mass is 9.79. The van der Waals surface area contributed by atoms with Gasteiger partial charge in [0.15, 0.2) is 0 Å². The van der Waals surface area contributed by atoms with Gasteiger partial charge in [0.05, 0.1) is 17.9 Å². The zero-order valence-corrected chi connectivity index (χ0v) is 20.3. The summed E-state index contributed by atoms with van der Waals surface area (Å²) in [6.45, 7) is 3.05. The number of rotatable bonds is 11. The predicted molar refractivity (Wildman–Crippen MR) is 138 cm³/mol. The fourth-order valence-corrected chi connectivity index (χ4v) is 4.52. The largest absolute Gasteiger partial charge is 0.493 e. The van der Waals surface area contributed by atoms with E-state index in [1.165, 1.54) is 0 Å². The molecule has 0 saturated carbocycles. The fraction of sp³-hybridized carbons (Fsp3) is 0.259. The zero-order valence-electron chi connectivity index (χ0n) is 19.5. The van der Waals surface area contributed by atoms with E-state index in [0.29, 0.717) is 30.9 Å². The first-order valence-corrected chi connectivity index (χ1v) is 12.3. The van der Waals surface area contributed by atoms with Crippen molar-refractivity contribution in [1.82, 2.24) is 5.32 Å². The third kappa shape index (κ3) is 6.19. The molecule has 2 radical (unpaired) electrons. The maximum absolute atomic E-state index is 12.1. The lowest BCUT2D eigenvalue weighted by Crippen LogP contribution is -2.34. The molecule has 0 aliphatic carbocycles.